The van der Waals surface area contributed by atoms with Crippen LogP contribution in [0.3, 0.4) is 0 Å². The van der Waals surface area contributed by atoms with Gasteiger partial charge in [0.15, 0.2) is 5.75 Å². The molecule has 0 unspecified atom stereocenters. The molecular formula is C9H9NO6. The van der Waals surface area contributed by atoms with Crippen LogP contribution in [0.1, 0.15) is 0 Å². The van der Waals surface area contributed by atoms with Crippen molar-refractivity contribution >= 4 is 12.3 Å². The molecule has 0 amide bonds. The van der Waals surface area contributed by atoms with E-state index in [0.717, 1.165) is 0 Å². The first-order valence-electron chi connectivity index (χ1n) is 4.13. The van der Waals surface area contributed by atoms with Crippen LogP contribution in [-0.4, -0.2) is 31.5 Å². The first kappa shape index (κ1) is 11.8. The van der Waals surface area contributed by atoms with Crippen molar-refractivity contribution in [2.45, 2.75) is 0 Å². The molecular weight excluding hydrogens is 218 g/mol. The van der Waals surface area contributed by atoms with E-state index in [0.29, 0.717) is 0 Å². The van der Waals surface area contributed by atoms with Crippen LogP contribution in [0.4, 0.5) is 9.59 Å². The summed E-state index contributed by atoms with van der Waals surface area (Å²) in [4.78, 5) is 25.1. The number of carbonyl (C=O) groups excluding carboxylic acids is 2. The average Bonchev–Trinajstić information content (AvgIpc) is 2.31. The van der Waals surface area contributed by atoms with Crippen molar-refractivity contribution in [3.8, 4) is 11.6 Å². The summed E-state index contributed by atoms with van der Waals surface area (Å²) in [6.07, 6.45) is -0.535. The maximum absolute atomic E-state index is 10.7. The molecule has 1 heterocycles. The molecule has 7 nitrogen and oxygen atoms in total. The van der Waals surface area contributed by atoms with Crippen molar-refractivity contribution in [1.29, 1.82) is 0 Å². The molecule has 0 atom stereocenters. The van der Waals surface area contributed by atoms with E-state index < -0.39 is 12.3 Å². The predicted octanol–water partition coefficient (Wildman–Crippen LogP) is 1.37. The number of carbonyl (C=O) groups is 2. The number of ether oxygens (including phenoxy) is 4. The fraction of sp³-hybridized carbons (Fsp3) is 0.222. The molecule has 0 aliphatic carbocycles. The maximum Gasteiger partial charge on any atom is 0.514 e. The zero-order valence-corrected chi connectivity index (χ0v) is 8.63. The summed E-state index contributed by atoms with van der Waals surface area (Å²) < 4.78 is 17.8. The predicted molar refractivity (Wildman–Crippen MR) is 50.3 cm³/mol. The Kier molecular flexibility index (Phi) is 4.07. The molecule has 0 aromatic carbocycles. The van der Waals surface area contributed by atoms with Crippen LogP contribution in [0.25, 0.3) is 0 Å². The number of aromatic nitrogens is 1. The highest BCUT2D eigenvalue weighted by molar-refractivity contribution is 5.64. The van der Waals surface area contributed by atoms with E-state index >= 15 is 0 Å². The number of rotatable bonds is 2. The molecule has 0 saturated heterocycles. The Morgan fingerprint density at radius 2 is 1.69 bits per heavy atom. The number of methoxy groups -OCH3 is 2. The molecule has 0 N–H and O–H groups in total. The van der Waals surface area contributed by atoms with Crippen molar-refractivity contribution in [2.24, 2.45) is 0 Å². The lowest BCUT2D eigenvalue weighted by atomic mass is 10.4. The van der Waals surface area contributed by atoms with Crippen molar-refractivity contribution in [1.82, 2.24) is 4.98 Å². The monoisotopic (exact) mass is 227 g/mol. The highest BCUT2D eigenvalue weighted by atomic mass is 16.7. The van der Waals surface area contributed by atoms with E-state index in [9.17, 15) is 9.59 Å². The SMILES string of the molecule is COC(=O)Oc1ccc(OC(=O)OC)nc1. The summed E-state index contributed by atoms with van der Waals surface area (Å²) in [5.41, 5.74) is 0. The van der Waals surface area contributed by atoms with Crippen LogP contribution >= 0.6 is 0 Å². The van der Waals surface area contributed by atoms with Gasteiger partial charge in [0.05, 0.1) is 20.4 Å². The van der Waals surface area contributed by atoms with Crippen LogP contribution in [-0.2, 0) is 9.47 Å². The van der Waals surface area contributed by atoms with Crippen molar-refractivity contribution < 1.29 is 28.5 Å². The minimum atomic E-state index is -0.880. The summed E-state index contributed by atoms with van der Waals surface area (Å²) in [6, 6.07) is 2.73. The van der Waals surface area contributed by atoms with Gasteiger partial charge in [0.2, 0.25) is 5.88 Å². The van der Waals surface area contributed by atoms with E-state index in [1.807, 2.05) is 0 Å². The quantitative estimate of drug-likeness (QED) is 0.705. The fourth-order valence-electron chi connectivity index (χ4n) is 0.752. The van der Waals surface area contributed by atoms with Gasteiger partial charge in [-0.15, -0.1) is 0 Å². The van der Waals surface area contributed by atoms with E-state index in [1.54, 1.807) is 0 Å². The first-order chi connectivity index (χ1) is 7.65. The molecule has 1 aromatic rings. The van der Waals surface area contributed by atoms with Crippen molar-refractivity contribution in [3.63, 3.8) is 0 Å². The second-order valence-corrected chi connectivity index (χ2v) is 2.44. The van der Waals surface area contributed by atoms with Gasteiger partial charge in [0.1, 0.15) is 0 Å². The van der Waals surface area contributed by atoms with Crippen LogP contribution in [0.5, 0.6) is 11.6 Å². The minimum Gasteiger partial charge on any atom is -0.437 e. The zero-order chi connectivity index (χ0) is 12.0. The topological polar surface area (TPSA) is 84.0 Å². The van der Waals surface area contributed by atoms with E-state index in [1.165, 1.54) is 32.5 Å². The lowest BCUT2D eigenvalue weighted by molar-refractivity contribution is 0.117. The molecule has 0 bridgehead atoms. The third-order valence-corrected chi connectivity index (χ3v) is 1.43. The van der Waals surface area contributed by atoms with E-state index in [2.05, 4.69) is 23.9 Å². The Morgan fingerprint density at radius 1 is 1.06 bits per heavy atom. The number of nitrogens with zero attached hydrogens (tertiary/aromatic N) is 1. The molecule has 0 radical (unpaired) electrons. The Labute approximate surface area is 90.9 Å². The summed E-state index contributed by atoms with van der Waals surface area (Å²) in [6.45, 7) is 0. The molecule has 7 heteroatoms. The van der Waals surface area contributed by atoms with Gasteiger partial charge in [-0.2, -0.15) is 0 Å². The molecule has 0 fully saturated rings. The maximum atomic E-state index is 10.7. The molecule has 1 aromatic heterocycles. The summed E-state index contributed by atoms with van der Waals surface area (Å²) >= 11 is 0. The number of hydrogen-bond donors (Lipinski definition) is 0. The summed E-state index contributed by atoms with van der Waals surface area (Å²) in [5, 5.41) is 0. The standard InChI is InChI=1S/C9H9NO6/c1-13-8(11)15-6-3-4-7(10-5-6)16-9(12)14-2/h3-5H,1-2H3. The molecule has 1 rings (SSSR count). The first-order valence-corrected chi connectivity index (χ1v) is 4.13. The highest BCUT2D eigenvalue weighted by Crippen LogP contribution is 2.14. The summed E-state index contributed by atoms with van der Waals surface area (Å²) in [7, 11) is 2.36. The normalized spacial score (nSPS) is 9.12. The van der Waals surface area contributed by atoms with Crippen molar-refractivity contribution in [3.05, 3.63) is 18.3 Å². The molecule has 0 saturated carbocycles. The molecule has 0 aliphatic heterocycles. The third-order valence-electron chi connectivity index (χ3n) is 1.43. The molecule has 0 aliphatic rings. The van der Waals surface area contributed by atoms with E-state index in [-0.39, 0.29) is 11.6 Å². The Hall–Kier alpha value is -2.31. The van der Waals surface area contributed by atoms with E-state index in [4.69, 9.17) is 0 Å². The molecule has 0 spiro atoms. The Bertz CT molecular complexity index is 337. The molecule has 16 heavy (non-hydrogen) atoms. The van der Waals surface area contributed by atoms with Gasteiger partial charge in [-0.3, -0.25) is 0 Å². The summed E-state index contributed by atoms with van der Waals surface area (Å²) in [5.74, 6) is 0.202. The Balaban J connectivity index is 2.60. The van der Waals surface area contributed by atoms with Gasteiger partial charge in [-0.05, 0) is 6.07 Å². The fourth-order valence-corrected chi connectivity index (χ4v) is 0.752. The largest absolute Gasteiger partial charge is 0.514 e. The third kappa shape index (κ3) is 3.45. The van der Waals surface area contributed by atoms with Crippen LogP contribution in [0.15, 0.2) is 18.3 Å². The van der Waals surface area contributed by atoms with Crippen LogP contribution in [0, 0.1) is 0 Å². The smallest absolute Gasteiger partial charge is 0.437 e. The van der Waals surface area contributed by atoms with Crippen LogP contribution in [0.2, 0.25) is 0 Å². The number of hydrogen-bond acceptors (Lipinski definition) is 7. The van der Waals surface area contributed by atoms with Gasteiger partial charge >= 0.3 is 12.3 Å². The van der Waals surface area contributed by atoms with Gasteiger partial charge in [0, 0.05) is 6.07 Å². The second-order valence-electron chi connectivity index (χ2n) is 2.44. The zero-order valence-electron chi connectivity index (χ0n) is 8.63. The van der Waals surface area contributed by atoms with Gasteiger partial charge in [-0.1, -0.05) is 0 Å². The number of pyridine rings is 1. The van der Waals surface area contributed by atoms with Crippen molar-refractivity contribution in [2.75, 3.05) is 14.2 Å². The minimum absolute atomic E-state index is 0.0315. The molecule has 86 valence electrons. The van der Waals surface area contributed by atoms with Gasteiger partial charge in [-0.25, -0.2) is 14.6 Å². The lowest BCUT2D eigenvalue weighted by Crippen LogP contribution is -2.09. The van der Waals surface area contributed by atoms with Crippen LogP contribution < -0.4 is 9.47 Å². The highest BCUT2D eigenvalue weighted by Gasteiger charge is 2.07. The average molecular weight is 227 g/mol. The van der Waals surface area contributed by atoms with Gasteiger partial charge < -0.3 is 18.9 Å². The second kappa shape index (κ2) is 5.54. The Morgan fingerprint density at radius 3 is 2.19 bits per heavy atom. The lowest BCUT2D eigenvalue weighted by Gasteiger charge is -2.03. The van der Waals surface area contributed by atoms with Gasteiger partial charge in [0.25, 0.3) is 0 Å².